The molecule has 3 rings (SSSR count). The van der Waals surface area contributed by atoms with Crippen molar-refractivity contribution in [2.75, 3.05) is 24.4 Å². The normalized spacial score (nSPS) is 17.2. The van der Waals surface area contributed by atoms with Gasteiger partial charge in [-0.05, 0) is 69.5 Å². The van der Waals surface area contributed by atoms with Crippen LogP contribution in [0.5, 0.6) is 0 Å². The van der Waals surface area contributed by atoms with Crippen LogP contribution in [-0.2, 0) is 10.0 Å². The fourth-order valence-electron chi connectivity index (χ4n) is 4.09. The number of piperidine rings is 1. The summed E-state index contributed by atoms with van der Waals surface area (Å²) >= 11 is 6.22. The lowest BCUT2D eigenvalue weighted by atomic mass is 10.00. The third-order valence-corrected chi connectivity index (χ3v) is 7.65. The Balaban J connectivity index is 1.58. The van der Waals surface area contributed by atoms with Crippen LogP contribution in [0.15, 0.2) is 47.4 Å². The summed E-state index contributed by atoms with van der Waals surface area (Å²) in [5, 5.41) is 3.19. The number of nitrogens with one attached hydrogen (secondary N) is 2. The molecule has 0 aromatic heterocycles. The van der Waals surface area contributed by atoms with Gasteiger partial charge < -0.3 is 10.2 Å². The van der Waals surface area contributed by atoms with Crippen LogP contribution >= 0.6 is 11.6 Å². The van der Waals surface area contributed by atoms with Gasteiger partial charge in [0.05, 0.1) is 15.5 Å². The molecule has 0 radical (unpaired) electrons. The number of aryl methyl sites for hydroxylation is 1. The zero-order chi connectivity index (χ0) is 23.1. The smallest absolute Gasteiger partial charge is 0.261 e. The maximum atomic E-state index is 12.7. The molecule has 174 valence electrons. The van der Waals surface area contributed by atoms with E-state index in [0.717, 1.165) is 31.5 Å². The van der Waals surface area contributed by atoms with E-state index in [0.29, 0.717) is 18.3 Å². The second-order valence-corrected chi connectivity index (χ2v) is 10.4. The largest absolute Gasteiger partial charge is 0.352 e. The number of hydrogen-bond donors (Lipinski definition) is 2. The molecule has 1 fully saturated rings. The molecule has 1 aliphatic heterocycles. The van der Waals surface area contributed by atoms with Crippen molar-refractivity contribution in [3.8, 4) is 0 Å². The molecule has 32 heavy (non-hydrogen) atoms. The lowest BCUT2D eigenvalue weighted by Crippen LogP contribution is -2.40. The number of halogens is 1. The third-order valence-electron chi connectivity index (χ3n) is 5.92. The van der Waals surface area contributed by atoms with E-state index in [-0.39, 0.29) is 21.4 Å². The summed E-state index contributed by atoms with van der Waals surface area (Å²) < 4.78 is 27.8. The molecule has 6 nitrogen and oxygen atoms in total. The fraction of sp³-hybridized carbons (Fsp3) is 0.458. The third kappa shape index (κ3) is 6.47. The first-order valence-corrected chi connectivity index (χ1v) is 13.1. The minimum absolute atomic E-state index is 0.159. The quantitative estimate of drug-likeness (QED) is 0.507. The van der Waals surface area contributed by atoms with Gasteiger partial charge in [0.1, 0.15) is 0 Å². The van der Waals surface area contributed by atoms with E-state index in [9.17, 15) is 13.2 Å². The molecule has 0 saturated carbocycles. The number of rotatable bonds is 9. The lowest BCUT2D eigenvalue weighted by Gasteiger charge is -2.35. The molecule has 1 aliphatic rings. The van der Waals surface area contributed by atoms with Crippen LogP contribution < -0.4 is 10.0 Å². The maximum absolute atomic E-state index is 12.7. The molecule has 1 amide bonds. The molecule has 0 aliphatic carbocycles. The Hall–Kier alpha value is -2.09. The molecule has 2 N–H and O–H groups in total. The van der Waals surface area contributed by atoms with E-state index < -0.39 is 10.0 Å². The van der Waals surface area contributed by atoms with Crippen molar-refractivity contribution < 1.29 is 13.2 Å². The summed E-state index contributed by atoms with van der Waals surface area (Å²) in [5.41, 5.74) is 1.51. The van der Waals surface area contributed by atoms with Gasteiger partial charge in [-0.2, -0.15) is 0 Å². The molecule has 1 atom stereocenters. The predicted molar refractivity (Wildman–Crippen MR) is 130 cm³/mol. The molecular formula is C24H32ClN3O3S. The van der Waals surface area contributed by atoms with Gasteiger partial charge in [-0.25, -0.2) is 8.42 Å². The fourth-order valence-corrected chi connectivity index (χ4v) is 5.34. The molecular weight excluding hydrogens is 446 g/mol. The first kappa shape index (κ1) is 24.6. The molecule has 0 spiro atoms. The maximum Gasteiger partial charge on any atom is 0.261 e. The first-order valence-electron chi connectivity index (χ1n) is 11.2. The zero-order valence-electron chi connectivity index (χ0n) is 18.7. The highest BCUT2D eigenvalue weighted by molar-refractivity contribution is 7.92. The second-order valence-electron chi connectivity index (χ2n) is 8.32. The van der Waals surface area contributed by atoms with Crippen molar-refractivity contribution in [1.82, 2.24) is 10.2 Å². The summed E-state index contributed by atoms with van der Waals surface area (Å²) in [4.78, 5) is 15.4. The molecule has 2 aromatic rings. The summed E-state index contributed by atoms with van der Waals surface area (Å²) in [6, 6.07) is 11.8. The highest BCUT2D eigenvalue weighted by atomic mass is 35.5. The standard InChI is InChI=1S/C24H32ClN3O3S/c1-3-20-7-4-5-15-28(20)16-6-14-26-24(29)22-17-19(10-13-23(22)25)27-32(30,31)21-11-8-18(2)9-12-21/h8-13,17,20,27H,3-7,14-16H2,1-2H3,(H,26,29)/t20-/m1/s1. The Bertz CT molecular complexity index is 1030. The van der Waals surface area contributed by atoms with Gasteiger partial charge in [0, 0.05) is 24.8 Å². The average molecular weight is 478 g/mol. The highest BCUT2D eigenvalue weighted by Crippen LogP contribution is 2.23. The van der Waals surface area contributed by atoms with Gasteiger partial charge in [0.25, 0.3) is 15.9 Å². The number of sulfonamides is 1. The van der Waals surface area contributed by atoms with Gasteiger partial charge in [-0.3, -0.25) is 9.52 Å². The Morgan fingerprint density at radius 1 is 1.16 bits per heavy atom. The number of carbonyl (C=O) groups is 1. The van der Waals surface area contributed by atoms with Gasteiger partial charge in [0.15, 0.2) is 0 Å². The van der Waals surface area contributed by atoms with E-state index in [4.69, 9.17) is 11.6 Å². The zero-order valence-corrected chi connectivity index (χ0v) is 20.3. The van der Waals surface area contributed by atoms with Gasteiger partial charge in [-0.15, -0.1) is 0 Å². The molecule has 1 saturated heterocycles. The van der Waals surface area contributed by atoms with Gasteiger partial charge in [0.2, 0.25) is 0 Å². The number of likely N-dealkylation sites (tertiary alicyclic amines) is 1. The first-order chi connectivity index (χ1) is 15.3. The number of carbonyl (C=O) groups excluding carboxylic acids is 1. The molecule has 2 aromatic carbocycles. The molecule has 8 heteroatoms. The second kappa shape index (κ2) is 11.2. The average Bonchev–Trinajstić information content (AvgIpc) is 2.78. The number of anilines is 1. The summed E-state index contributed by atoms with van der Waals surface area (Å²) in [6.07, 6.45) is 5.81. The van der Waals surface area contributed by atoms with Crippen molar-refractivity contribution in [3.05, 3.63) is 58.6 Å². The van der Waals surface area contributed by atoms with Crippen molar-refractivity contribution >= 4 is 33.2 Å². The summed E-state index contributed by atoms with van der Waals surface area (Å²) in [7, 11) is -3.76. The number of benzene rings is 2. The summed E-state index contributed by atoms with van der Waals surface area (Å²) in [5.74, 6) is -0.308. The predicted octanol–water partition coefficient (Wildman–Crippen LogP) is 4.83. The Morgan fingerprint density at radius 2 is 1.91 bits per heavy atom. The molecule has 1 heterocycles. The minimum atomic E-state index is -3.76. The topological polar surface area (TPSA) is 78.5 Å². The van der Waals surface area contributed by atoms with E-state index in [1.54, 1.807) is 30.3 Å². The molecule has 0 bridgehead atoms. The van der Waals surface area contributed by atoms with Crippen LogP contribution in [0.1, 0.15) is 54.9 Å². The van der Waals surface area contributed by atoms with Crippen molar-refractivity contribution in [2.45, 2.75) is 56.9 Å². The van der Waals surface area contributed by atoms with E-state index in [1.165, 1.54) is 31.4 Å². The Morgan fingerprint density at radius 3 is 2.62 bits per heavy atom. The monoisotopic (exact) mass is 477 g/mol. The van der Waals surface area contributed by atoms with Gasteiger partial charge >= 0.3 is 0 Å². The lowest BCUT2D eigenvalue weighted by molar-refractivity contribution is 0.0947. The van der Waals surface area contributed by atoms with Gasteiger partial charge in [-0.1, -0.05) is 42.6 Å². The number of nitrogens with zero attached hydrogens (tertiary/aromatic N) is 1. The van der Waals surface area contributed by atoms with E-state index >= 15 is 0 Å². The van der Waals surface area contributed by atoms with Crippen molar-refractivity contribution in [2.24, 2.45) is 0 Å². The van der Waals surface area contributed by atoms with Crippen molar-refractivity contribution in [1.29, 1.82) is 0 Å². The Kier molecular flexibility index (Phi) is 8.57. The minimum Gasteiger partial charge on any atom is -0.352 e. The van der Waals surface area contributed by atoms with Crippen LogP contribution in [0.3, 0.4) is 0 Å². The number of amides is 1. The molecule has 0 unspecified atom stereocenters. The van der Waals surface area contributed by atoms with Crippen LogP contribution in [0.2, 0.25) is 5.02 Å². The van der Waals surface area contributed by atoms with E-state index in [2.05, 4.69) is 21.9 Å². The number of hydrogen-bond acceptors (Lipinski definition) is 4. The summed E-state index contributed by atoms with van der Waals surface area (Å²) in [6.45, 7) is 6.75. The highest BCUT2D eigenvalue weighted by Gasteiger charge is 2.20. The SMILES string of the molecule is CC[C@@H]1CCCCN1CCCNC(=O)c1cc(NS(=O)(=O)c2ccc(C)cc2)ccc1Cl. The van der Waals surface area contributed by atoms with Crippen molar-refractivity contribution in [3.63, 3.8) is 0 Å². The van der Waals surface area contributed by atoms with E-state index in [1.807, 2.05) is 6.92 Å². The van der Waals surface area contributed by atoms with Crippen LogP contribution in [0.4, 0.5) is 5.69 Å². The Labute approximate surface area is 196 Å². The van der Waals surface area contributed by atoms with Crippen LogP contribution in [-0.4, -0.2) is 44.9 Å². The van der Waals surface area contributed by atoms with Crippen LogP contribution in [0.25, 0.3) is 0 Å². The van der Waals surface area contributed by atoms with Crippen LogP contribution in [0, 0.1) is 6.92 Å².